The van der Waals surface area contributed by atoms with Crippen molar-refractivity contribution in [2.45, 2.75) is 0 Å². The highest BCUT2D eigenvalue weighted by Gasteiger charge is 2.21. The van der Waals surface area contributed by atoms with Crippen LogP contribution in [0.1, 0.15) is 0 Å². The Morgan fingerprint density at radius 1 is 0.355 bits per heavy atom. The second kappa shape index (κ2) is 15.0. The van der Waals surface area contributed by atoms with Crippen LogP contribution in [0.15, 0.2) is 224 Å². The van der Waals surface area contributed by atoms with Crippen LogP contribution in [0.4, 0.5) is 17.1 Å². The van der Waals surface area contributed by atoms with Crippen LogP contribution in [-0.2, 0) is 0 Å². The number of rotatable bonds is 7. The fourth-order valence-corrected chi connectivity index (χ4v) is 10.2. The Morgan fingerprint density at radius 2 is 0.935 bits per heavy atom. The maximum atomic E-state index is 5.50. The zero-order valence-corrected chi connectivity index (χ0v) is 34.4. The Kier molecular flexibility index (Phi) is 8.68. The molecule has 0 aliphatic carbocycles. The van der Waals surface area contributed by atoms with Crippen molar-refractivity contribution in [1.29, 1.82) is 0 Å². The first-order chi connectivity index (χ1) is 30.7. The number of anilines is 3. The van der Waals surface area contributed by atoms with Crippen molar-refractivity contribution in [3.05, 3.63) is 224 Å². The van der Waals surface area contributed by atoms with E-state index in [1.807, 2.05) is 23.5 Å². The van der Waals surface area contributed by atoms with Crippen LogP contribution >= 0.6 is 11.3 Å². The molecule has 0 saturated carbocycles. The van der Waals surface area contributed by atoms with Crippen LogP contribution < -0.4 is 4.90 Å². The SMILES string of the molecule is c1ccc(-c2cccc(-c3ccccc3N(c3ccc4c(ccc5ccc6nc(-c7ccccc7)c(-c7ccccc7)nc6c54)c3)c3ccc4c(c3)sc3ccccc34)c2)cc1. The van der Waals surface area contributed by atoms with Crippen molar-refractivity contribution >= 4 is 81.1 Å². The van der Waals surface area contributed by atoms with Gasteiger partial charge in [0.1, 0.15) is 0 Å². The molecule has 12 aromatic rings. The van der Waals surface area contributed by atoms with E-state index >= 15 is 0 Å². The number of thiophene rings is 1. The van der Waals surface area contributed by atoms with E-state index in [1.165, 1.54) is 31.3 Å². The zero-order chi connectivity index (χ0) is 41.0. The molecule has 10 aromatic carbocycles. The summed E-state index contributed by atoms with van der Waals surface area (Å²) in [6.45, 7) is 0. The van der Waals surface area contributed by atoms with Gasteiger partial charge in [0, 0.05) is 53.6 Å². The van der Waals surface area contributed by atoms with Gasteiger partial charge in [0.2, 0.25) is 0 Å². The van der Waals surface area contributed by atoms with Gasteiger partial charge < -0.3 is 4.90 Å². The van der Waals surface area contributed by atoms with Crippen molar-refractivity contribution in [1.82, 2.24) is 9.97 Å². The molecule has 0 amide bonds. The van der Waals surface area contributed by atoms with E-state index in [-0.39, 0.29) is 0 Å². The fraction of sp³-hybridized carbons (Fsp3) is 0. The summed E-state index contributed by atoms with van der Waals surface area (Å²) in [6.07, 6.45) is 0. The minimum atomic E-state index is 0.873. The molecular formula is C58H37N3S. The van der Waals surface area contributed by atoms with Gasteiger partial charge in [0.25, 0.3) is 0 Å². The van der Waals surface area contributed by atoms with Crippen molar-refractivity contribution < 1.29 is 0 Å². The quantitative estimate of drug-likeness (QED) is 0.150. The molecule has 12 rings (SSSR count). The van der Waals surface area contributed by atoms with Gasteiger partial charge in [-0.3, -0.25) is 0 Å². The molecule has 0 aliphatic heterocycles. The van der Waals surface area contributed by atoms with Gasteiger partial charge in [-0.05, 0) is 81.4 Å². The van der Waals surface area contributed by atoms with E-state index < -0.39 is 0 Å². The first kappa shape index (κ1) is 36.0. The van der Waals surface area contributed by atoms with Crippen molar-refractivity contribution in [2.24, 2.45) is 0 Å². The number of aromatic nitrogens is 2. The minimum Gasteiger partial charge on any atom is -0.310 e. The van der Waals surface area contributed by atoms with Crippen LogP contribution in [0.5, 0.6) is 0 Å². The molecule has 2 heterocycles. The summed E-state index contributed by atoms with van der Waals surface area (Å²) in [5.41, 5.74) is 13.6. The summed E-state index contributed by atoms with van der Waals surface area (Å²) in [7, 11) is 0. The summed E-state index contributed by atoms with van der Waals surface area (Å²) < 4.78 is 2.56. The van der Waals surface area contributed by atoms with E-state index in [1.54, 1.807) is 0 Å². The third-order valence-electron chi connectivity index (χ3n) is 12.0. The lowest BCUT2D eigenvalue weighted by molar-refractivity contribution is 1.29. The first-order valence-electron chi connectivity index (χ1n) is 21.0. The molecule has 290 valence electrons. The van der Waals surface area contributed by atoms with Gasteiger partial charge in [0.15, 0.2) is 0 Å². The number of para-hydroxylation sites is 1. The molecule has 0 fully saturated rings. The topological polar surface area (TPSA) is 29.0 Å². The highest BCUT2D eigenvalue weighted by molar-refractivity contribution is 7.25. The molecule has 0 spiro atoms. The summed E-state index contributed by atoms with van der Waals surface area (Å²) in [5.74, 6) is 0. The second-order valence-corrected chi connectivity index (χ2v) is 16.8. The average Bonchev–Trinajstić information content (AvgIpc) is 3.72. The number of hydrogen-bond donors (Lipinski definition) is 0. The molecule has 0 aliphatic rings. The molecular weight excluding hydrogens is 771 g/mol. The smallest absolute Gasteiger partial charge is 0.0979 e. The predicted octanol–water partition coefficient (Wildman–Crippen LogP) is 16.4. The molecule has 0 saturated heterocycles. The van der Waals surface area contributed by atoms with Crippen LogP contribution in [0, 0.1) is 0 Å². The lowest BCUT2D eigenvalue weighted by Gasteiger charge is -2.28. The molecule has 0 radical (unpaired) electrons. The first-order valence-corrected chi connectivity index (χ1v) is 21.8. The van der Waals surface area contributed by atoms with E-state index in [9.17, 15) is 0 Å². The molecule has 2 aromatic heterocycles. The highest BCUT2D eigenvalue weighted by Crippen LogP contribution is 2.46. The maximum Gasteiger partial charge on any atom is 0.0979 e. The van der Waals surface area contributed by atoms with Crippen LogP contribution in [0.3, 0.4) is 0 Å². The van der Waals surface area contributed by atoms with Crippen molar-refractivity contribution in [3.8, 4) is 44.8 Å². The largest absolute Gasteiger partial charge is 0.310 e. The molecule has 0 atom stereocenters. The summed E-state index contributed by atoms with van der Waals surface area (Å²) in [6, 6.07) is 80.5. The minimum absolute atomic E-state index is 0.873. The lowest BCUT2D eigenvalue weighted by atomic mass is 9.96. The lowest BCUT2D eigenvalue weighted by Crippen LogP contribution is -2.11. The van der Waals surface area contributed by atoms with E-state index in [0.717, 1.165) is 83.3 Å². The normalized spacial score (nSPS) is 11.5. The van der Waals surface area contributed by atoms with Gasteiger partial charge >= 0.3 is 0 Å². The molecule has 4 heteroatoms. The second-order valence-electron chi connectivity index (χ2n) is 15.7. The van der Waals surface area contributed by atoms with Gasteiger partial charge in [-0.2, -0.15) is 0 Å². The Morgan fingerprint density at radius 3 is 1.73 bits per heavy atom. The zero-order valence-electron chi connectivity index (χ0n) is 33.6. The van der Waals surface area contributed by atoms with Crippen LogP contribution in [0.25, 0.3) is 97.5 Å². The Hall–Kier alpha value is -7.92. The number of fused-ring (bicyclic) bond motifs is 8. The Balaban J connectivity index is 1.07. The predicted molar refractivity (Wildman–Crippen MR) is 264 cm³/mol. The van der Waals surface area contributed by atoms with E-state index in [4.69, 9.17) is 9.97 Å². The van der Waals surface area contributed by atoms with Gasteiger partial charge in [-0.15, -0.1) is 11.3 Å². The Bertz CT molecular complexity index is 3640. The van der Waals surface area contributed by atoms with Gasteiger partial charge in [-0.1, -0.05) is 176 Å². The van der Waals surface area contributed by atoms with E-state index in [0.29, 0.717) is 0 Å². The van der Waals surface area contributed by atoms with Crippen molar-refractivity contribution in [2.75, 3.05) is 4.90 Å². The van der Waals surface area contributed by atoms with Crippen LogP contribution in [-0.4, -0.2) is 9.97 Å². The third-order valence-corrected chi connectivity index (χ3v) is 13.1. The Labute approximate surface area is 363 Å². The van der Waals surface area contributed by atoms with Gasteiger partial charge in [0.05, 0.1) is 28.1 Å². The fourth-order valence-electron chi connectivity index (χ4n) is 9.08. The standard InChI is InChI=1S/C58H37N3S/c1-4-15-38(16-5-1)42-21-14-22-43(35-42)47-23-10-12-25-52(47)61(46-31-33-50-49-24-11-13-26-53(49)62-54(50)37-46)45-30-32-48-44(36-45)28-27-39-29-34-51-58(55(39)48)60-57(41-19-8-3-9-20-41)56(59-51)40-17-6-2-7-18-40/h1-37H. The summed E-state index contributed by atoms with van der Waals surface area (Å²) >= 11 is 1.85. The van der Waals surface area contributed by atoms with Crippen molar-refractivity contribution in [3.63, 3.8) is 0 Å². The van der Waals surface area contributed by atoms with Gasteiger partial charge in [-0.25, -0.2) is 9.97 Å². The number of benzene rings is 10. The third kappa shape index (κ3) is 6.20. The molecule has 0 N–H and O–H groups in total. The summed E-state index contributed by atoms with van der Waals surface area (Å²) in [4.78, 5) is 13.3. The average molecular weight is 808 g/mol. The number of hydrogen-bond acceptors (Lipinski definition) is 4. The van der Waals surface area contributed by atoms with E-state index in [2.05, 4.69) is 217 Å². The molecule has 0 bridgehead atoms. The monoisotopic (exact) mass is 807 g/mol. The molecule has 3 nitrogen and oxygen atoms in total. The van der Waals surface area contributed by atoms with Crippen LogP contribution in [0.2, 0.25) is 0 Å². The molecule has 0 unspecified atom stereocenters. The summed E-state index contributed by atoms with van der Waals surface area (Å²) in [5, 5.41) is 7.08. The number of nitrogens with zero attached hydrogens (tertiary/aromatic N) is 3. The highest BCUT2D eigenvalue weighted by atomic mass is 32.1. The maximum absolute atomic E-state index is 5.50. The molecule has 62 heavy (non-hydrogen) atoms.